The van der Waals surface area contributed by atoms with Crippen molar-refractivity contribution in [2.24, 2.45) is 11.7 Å². The summed E-state index contributed by atoms with van der Waals surface area (Å²) in [5.74, 6) is 0.279. The molecule has 4 heteroatoms. The van der Waals surface area contributed by atoms with Gasteiger partial charge in [-0.25, -0.2) is 0 Å². The van der Waals surface area contributed by atoms with Gasteiger partial charge in [-0.1, -0.05) is 13.8 Å². The zero-order chi connectivity index (χ0) is 8.69. The summed E-state index contributed by atoms with van der Waals surface area (Å²) < 4.78 is 4.91. The van der Waals surface area contributed by atoms with Crippen LogP contribution in [0.1, 0.15) is 26.7 Å². The zero-order valence-electron chi connectivity index (χ0n) is 7.71. The van der Waals surface area contributed by atoms with Crippen LogP contribution in [0.15, 0.2) is 0 Å². The topological polar surface area (TPSA) is 52.3 Å². The SMILES string of the molecule is CC(C)COC(=O)CCCN.Cl. The third-order valence-corrected chi connectivity index (χ3v) is 1.16. The molecule has 0 bridgehead atoms. The van der Waals surface area contributed by atoms with Crippen LogP contribution < -0.4 is 5.73 Å². The fraction of sp³-hybridized carbons (Fsp3) is 0.875. The van der Waals surface area contributed by atoms with Crippen molar-refractivity contribution >= 4 is 18.4 Å². The van der Waals surface area contributed by atoms with Crippen molar-refractivity contribution in [3.8, 4) is 0 Å². The minimum Gasteiger partial charge on any atom is -0.465 e. The van der Waals surface area contributed by atoms with Gasteiger partial charge in [-0.2, -0.15) is 0 Å². The lowest BCUT2D eigenvalue weighted by Gasteiger charge is -2.05. The molecule has 0 aromatic carbocycles. The third-order valence-electron chi connectivity index (χ3n) is 1.16. The van der Waals surface area contributed by atoms with E-state index in [9.17, 15) is 4.79 Å². The van der Waals surface area contributed by atoms with E-state index in [1.54, 1.807) is 0 Å². The van der Waals surface area contributed by atoms with E-state index in [-0.39, 0.29) is 18.4 Å². The zero-order valence-corrected chi connectivity index (χ0v) is 8.52. The number of hydrogen-bond acceptors (Lipinski definition) is 3. The third kappa shape index (κ3) is 9.72. The van der Waals surface area contributed by atoms with Gasteiger partial charge < -0.3 is 10.5 Å². The molecule has 74 valence electrons. The Kier molecular flexibility index (Phi) is 10.5. The summed E-state index contributed by atoms with van der Waals surface area (Å²) >= 11 is 0. The molecule has 0 fully saturated rings. The highest BCUT2D eigenvalue weighted by Crippen LogP contribution is 1.96. The van der Waals surface area contributed by atoms with Crippen molar-refractivity contribution in [1.29, 1.82) is 0 Å². The quantitative estimate of drug-likeness (QED) is 0.674. The van der Waals surface area contributed by atoms with Gasteiger partial charge in [0.25, 0.3) is 0 Å². The first-order chi connectivity index (χ1) is 5.16. The number of halogens is 1. The highest BCUT2D eigenvalue weighted by Gasteiger charge is 2.02. The molecule has 3 nitrogen and oxygen atoms in total. The summed E-state index contributed by atoms with van der Waals surface area (Å²) in [7, 11) is 0. The lowest BCUT2D eigenvalue weighted by molar-refractivity contribution is -0.144. The first kappa shape index (κ1) is 14.3. The number of hydrogen-bond donors (Lipinski definition) is 1. The lowest BCUT2D eigenvalue weighted by atomic mass is 10.2. The molecule has 0 atom stereocenters. The van der Waals surface area contributed by atoms with Crippen LogP contribution in [-0.2, 0) is 9.53 Å². The molecule has 0 aromatic heterocycles. The number of rotatable bonds is 5. The Hall–Kier alpha value is -0.280. The molecule has 0 radical (unpaired) electrons. The Morgan fingerprint density at radius 3 is 2.50 bits per heavy atom. The van der Waals surface area contributed by atoms with Crippen LogP contribution in [0.3, 0.4) is 0 Å². The molecule has 0 spiro atoms. The number of carbonyl (C=O) groups is 1. The van der Waals surface area contributed by atoms with E-state index in [0.29, 0.717) is 25.5 Å². The summed E-state index contributed by atoms with van der Waals surface area (Å²) in [5.41, 5.74) is 5.22. The molecule has 0 unspecified atom stereocenters. The van der Waals surface area contributed by atoms with Gasteiger partial charge in [0.2, 0.25) is 0 Å². The maximum Gasteiger partial charge on any atom is 0.305 e. The second-order valence-corrected chi connectivity index (χ2v) is 2.97. The van der Waals surface area contributed by atoms with Gasteiger partial charge in [0, 0.05) is 6.42 Å². The van der Waals surface area contributed by atoms with E-state index in [4.69, 9.17) is 10.5 Å². The van der Waals surface area contributed by atoms with Gasteiger partial charge in [-0.15, -0.1) is 12.4 Å². The lowest BCUT2D eigenvalue weighted by Crippen LogP contribution is -2.11. The minimum absolute atomic E-state index is 0. The minimum atomic E-state index is -0.135. The molecule has 12 heavy (non-hydrogen) atoms. The van der Waals surface area contributed by atoms with Crippen molar-refractivity contribution in [2.75, 3.05) is 13.2 Å². The Morgan fingerprint density at radius 2 is 2.08 bits per heavy atom. The van der Waals surface area contributed by atoms with E-state index >= 15 is 0 Å². The second-order valence-electron chi connectivity index (χ2n) is 2.97. The van der Waals surface area contributed by atoms with E-state index < -0.39 is 0 Å². The summed E-state index contributed by atoms with van der Waals surface area (Å²) in [5, 5.41) is 0. The summed E-state index contributed by atoms with van der Waals surface area (Å²) in [4.78, 5) is 10.8. The summed E-state index contributed by atoms with van der Waals surface area (Å²) in [6.07, 6.45) is 1.17. The van der Waals surface area contributed by atoms with Gasteiger partial charge in [0.1, 0.15) is 0 Å². The van der Waals surface area contributed by atoms with Crippen molar-refractivity contribution in [2.45, 2.75) is 26.7 Å². The van der Waals surface area contributed by atoms with E-state index in [1.165, 1.54) is 0 Å². The summed E-state index contributed by atoms with van der Waals surface area (Å²) in [6, 6.07) is 0. The Balaban J connectivity index is 0. The molecule has 0 saturated heterocycles. The van der Waals surface area contributed by atoms with Crippen LogP contribution >= 0.6 is 12.4 Å². The van der Waals surface area contributed by atoms with Crippen LogP contribution in [0.5, 0.6) is 0 Å². The molecule has 2 N–H and O–H groups in total. The van der Waals surface area contributed by atoms with Gasteiger partial charge in [-0.3, -0.25) is 4.79 Å². The first-order valence-electron chi connectivity index (χ1n) is 4.02. The highest BCUT2D eigenvalue weighted by molar-refractivity contribution is 5.85. The Bertz CT molecular complexity index is 118. The van der Waals surface area contributed by atoms with Crippen LogP contribution in [0, 0.1) is 5.92 Å². The molecule has 0 aliphatic rings. The second kappa shape index (κ2) is 8.81. The molecule has 0 aliphatic heterocycles. The molecule has 0 heterocycles. The number of esters is 1. The molecule has 0 rings (SSSR count). The monoisotopic (exact) mass is 195 g/mol. The largest absolute Gasteiger partial charge is 0.465 e. The maximum absolute atomic E-state index is 10.8. The smallest absolute Gasteiger partial charge is 0.305 e. The van der Waals surface area contributed by atoms with Gasteiger partial charge in [-0.05, 0) is 18.9 Å². The Morgan fingerprint density at radius 1 is 1.50 bits per heavy atom. The Labute approximate surface area is 80.1 Å². The fourth-order valence-corrected chi connectivity index (χ4v) is 0.578. The van der Waals surface area contributed by atoms with Gasteiger partial charge in [0.15, 0.2) is 0 Å². The van der Waals surface area contributed by atoms with Crippen molar-refractivity contribution < 1.29 is 9.53 Å². The number of carbonyl (C=O) groups excluding carboxylic acids is 1. The number of nitrogens with two attached hydrogens (primary N) is 1. The van der Waals surface area contributed by atoms with Gasteiger partial charge >= 0.3 is 5.97 Å². The predicted molar refractivity (Wildman–Crippen MR) is 51.3 cm³/mol. The van der Waals surface area contributed by atoms with Crippen LogP contribution in [0.2, 0.25) is 0 Å². The number of ether oxygens (including phenoxy) is 1. The highest BCUT2D eigenvalue weighted by atomic mass is 35.5. The molecular formula is C8H18ClNO2. The van der Waals surface area contributed by atoms with E-state index in [0.717, 1.165) is 6.42 Å². The van der Waals surface area contributed by atoms with Crippen LogP contribution in [0.4, 0.5) is 0 Å². The molecule has 0 amide bonds. The standard InChI is InChI=1S/C8H17NO2.ClH/c1-7(2)6-11-8(10)4-3-5-9;/h7H,3-6,9H2,1-2H3;1H. The normalized spacial score (nSPS) is 9.33. The van der Waals surface area contributed by atoms with Gasteiger partial charge in [0.05, 0.1) is 6.61 Å². The van der Waals surface area contributed by atoms with Crippen molar-refractivity contribution in [3.63, 3.8) is 0 Å². The molecule has 0 aliphatic carbocycles. The van der Waals surface area contributed by atoms with Crippen molar-refractivity contribution in [3.05, 3.63) is 0 Å². The first-order valence-corrected chi connectivity index (χ1v) is 4.02. The predicted octanol–water partition coefficient (Wildman–Crippen LogP) is 1.35. The molecule has 0 saturated carbocycles. The average molecular weight is 196 g/mol. The maximum atomic E-state index is 10.8. The summed E-state index contributed by atoms with van der Waals surface area (Å²) in [6.45, 7) is 5.09. The van der Waals surface area contributed by atoms with E-state index in [2.05, 4.69) is 0 Å². The molecular weight excluding hydrogens is 178 g/mol. The average Bonchev–Trinajstić information content (AvgIpc) is 1.97. The fourth-order valence-electron chi connectivity index (χ4n) is 0.578. The van der Waals surface area contributed by atoms with Crippen LogP contribution in [-0.4, -0.2) is 19.1 Å². The van der Waals surface area contributed by atoms with E-state index in [1.807, 2.05) is 13.8 Å². The van der Waals surface area contributed by atoms with Crippen LogP contribution in [0.25, 0.3) is 0 Å². The van der Waals surface area contributed by atoms with Crippen molar-refractivity contribution in [1.82, 2.24) is 0 Å². The molecule has 0 aromatic rings.